The molecule has 0 spiro atoms. The van der Waals surface area contributed by atoms with Crippen molar-refractivity contribution in [2.45, 2.75) is 45.1 Å². The highest BCUT2D eigenvalue weighted by molar-refractivity contribution is 5.88. The van der Waals surface area contributed by atoms with Gasteiger partial charge in [-0.05, 0) is 100 Å². The number of nitrogens with zero attached hydrogens (tertiary/aromatic N) is 5. The highest BCUT2D eigenvalue weighted by Crippen LogP contribution is 2.23. The second-order valence-electron chi connectivity index (χ2n) is 10.2. The number of likely N-dealkylation sites (tertiary alicyclic amines) is 1. The fraction of sp³-hybridized carbons (Fsp3) is 0.414. The van der Waals surface area contributed by atoms with Gasteiger partial charge in [-0.1, -0.05) is 12.1 Å². The number of carbonyl (C=O) groups is 1. The van der Waals surface area contributed by atoms with E-state index < -0.39 is 0 Å². The molecule has 0 saturated carbocycles. The van der Waals surface area contributed by atoms with Gasteiger partial charge in [0.1, 0.15) is 12.7 Å². The number of aryl methyl sites for hydroxylation is 1. The molecule has 1 saturated heterocycles. The first kappa shape index (κ1) is 25.2. The predicted octanol–water partition coefficient (Wildman–Crippen LogP) is 4.28. The number of rotatable bonds is 10. The Bertz CT molecular complexity index is 1290. The molecule has 0 radical (unpaired) electrons. The first-order valence-corrected chi connectivity index (χ1v) is 13.3. The monoisotopic (exact) mass is 499 g/mol. The molecule has 1 fully saturated rings. The summed E-state index contributed by atoms with van der Waals surface area (Å²) in [6.45, 7) is 6.09. The standard InChI is InChI=1S/C29H37N7O/c1-22(37)33-25-7-5-23(6-8-25)11-15-34(2)26-12-16-35(17-13-26)14-3-4-24-19-30-29-10-9-27(18-28(24)29)36-20-31-32-21-36/h5-10,18-21,26,30H,3-4,11-17H2,1-2H3,(H,33,37). The molecule has 2 aromatic heterocycles. The SMILES string of the molecule is CC(=O)Nc1ccc(CCN(C)C2CCN(CCCc3c[nH]c4ccc(-n5cnnc5)cc34)CC2)cc1. The Labute approximate surface area is 218 Å². The number of anilines is 1. The lowest BCUT2D eigenvalue weighted by molar-refractivity contribution is -0.114. The average molecular weight is 500 g/mol. The maximum absolute atomic E-state index is 11.2. The van der Waals surface area contributed by atoms with E-state index in [9.17, 15) is 4.79 Å². The van der Waals surface area contributed by atoms with Crippen LogP contribution in [-0.2, 0) is 17.6 Å². The summed E-state index contributed by atoms with van der Waals surface area (Å²) >= 11 is 0. The largest absolute Gasteiger partial charge is 0.361 e. The third-order valence-electron chi connectivity index (χ3n) is 7.60. The Morgan fingerprint density at radius 3 is 2.57 bits per heavy atom. The summed E-state index contributed by atoms with van der Waals surface area (Å²) < 4.78 is 1.95. The van der Waals surface area contributed by atoms with Gasteiger partial charge < -0.3 is 20.1 Å². The van der Waals surface area contributed by atoms with E-state index in [-0.39, 0.29) is 5.91 Å². The molecular formula is C29H37N7O. The molecule has 0 aliphatic carbocycles. The molecule has 2 aromatic carbocycles. The van der Waals surface area contributed by atoms with Gasteiger partial charge in [0.25, 0.3) is 0 Å². The van der Waals surface area contributed by atoms with Gasteiger partial charge in [-0.2, -0.15) is 0 Å². The maximum atomic E-state index is 11.2. The predicted molar refractivity (Wildman–Crippen MR) is 148 cm³/mol. The van der Waals surface area contributed by atoms with Crippen molar-refractivity contribution in [2.24, 2.45) is 0 Å². The molecule has 5 rings (SSSR count). The van der Waals surface area contributed by atoms with Crippen molar-refractivity contribution in [1.29, 1.82) is 0 Å². The van der Waals surface area contributed by atoms with E-state index in [0.29, 0.717) is 6.04 Å². The molecule has 0 unspecified atom stereocenters. The van der Waals surface area contributed by atoms with Crippen LogP contribution in [0.1, 0.15) is 37.3 Å². The molecule has 4 aromatic rings. The smallest absolute Gasteiger partial charge is 0.221 e. The minimum Gasteiger partial charge on any atom is -0.361 e. The van der Waals surface area contributed by atoms with Crippen molar-refractivity contribution in [3.8, 4) is 5.69 Å². The van der Waals surface area contributed by atoms with Crippen LogP contribution in [0.15, 0.2) is 61.3 Å². The van der Waals surface area contributed by atoms with E-state index in [4.69, 9.17) is 0 Å². The summed E-state index contributed by atoms with van der Waals surface area (Å²) in [4.78, 5) is 19.8. The first-order chi connectivity index (χ1) is 18.0. The molecule has 8 nitrogen and oxygen atoms in total. The van der Waals surface area contributed by atoms with Gasteiger partial charge in [0, 0.05) is 48.0 Å². The molecule has 3 heterocycles. The number of benzene rings is 2. The van der Waals surface area contributed by atoms with Gasteiger partial charge in [-0.25, -0.2) is 0 Å². The number of piperidine rings is 1. The normalized spacial score (nSPS) is 15.0. The van der Waals surface area contributed by atoms with Crippen molar-refractivity contribution in [3.63, 3.8) is 0 Å². The minimum atomic E-state index is -0.0325. The zero-order valence-corrected chi connectivity index (χ0v) is 21.9. The Hall–Kier alpha value is -3.49. The van der Waals surface area contributed by atoms with Crippen LogP contribution in [0.2, 0.25) is 0 Å². The van der Waals surface area contributed by atoms with Crippen LogP contribution in [0, 0.1) is 0 Å². The summed E-state index contributed by atoms with van der Waals surface area (Å²) in [5.74, 6) is -0.0325. The number of H-pyrrole nitrogens is 1. The van der Waals surface area contributed by atoms with Gasteiger partial charge in [0.15, 0.2) is 0 Å². The molecule has 0 bridgehead atoms. The molecule has 8 heteroatoms. The number of fused-ring (bicyclic) bond motifs is 1. The van der Waals surface area contributed by atoms with E-state index in [0.717, 1.165) is 37.3 Å². The second-order valence-corrected chi connectivity index (χ2v) is 10.2. The van der Waals surface area contributed by atoms with Crippen LogP contribution >= 0.6 is 0 Å². The number of likely N-dealkylation sites (N-methyl/N-ethyl adjacent to an activating group) is 1. The van der Waals surface area contributed by atoms with Crippen LogP contribution in [0.5, 0.6) is 0 Å². The number of hydrogen-bond acceptors (Lipinski definition) is 5. The first-order valence-electron chi connectivity index (χ1n) is 13.3. The lowest BCUT2D eigenvalue weighted by Crippen LogP contribution is -2.44. The summed E-state index contributed by atoms with van der Waals surface area (Å²) in [6.07, 6.45) is 11.4. The summed E-state index contributed by atoms with van der Waals surface area (Å²) in [5.41, 5.74) is 5.82. The van der Waals surface area contributed by atoms with E-state index in [1.807, 2.05) is 16.7 Å². The summed E-state index contributed by atoms with van der Waals surface area (Å²) in [7, 11) is 2.26. The molecule has 1 aliphatic rings. The molecule has 2 N–H and O–H groups in total. The van der Waals surface area contributed by atoms with Crippen LogP contribution in [0.3, 0.4) is 0 Å². The topological polar surface area (TPSA) is 82.1 Å². The summed E-state index contributed by atoms with van der Waals surface area (Å²) in [6, 6.07) is 15.3. The van der Waals surface area contributed by atoms with Gasteiger partial charge >= 0.3 is 0 Å². The van der Waals surface area contributed by atoms with Crippen molar-refractivity contribution in [1.82, 2.24) is 29.5 Å². The minimum absolute atomic E-state index is 0.0325. The van der Waals surface area contributed by atoms with Gasteiger partial charge in [-0.3, -0.25) is 9.36 Å². The lowest BCUT2D eigenvalue weighted by atomic mass is 10.0. The molecule has 0 atom stereocenters. The number of amides is 1. The number of hydrogen-bond donors (Lipinski definition) is 2. The Morgan fingerprint density at radius 2 is 1.84 bits per heavy atom. The van der Waals surface area contributed by atoms with Gasteiger partial charge in [0.05, 0.1) is 0 Å². The van der Waals surface area contributed by atoms with Gasteiger partial charge in [-0.15, -0.1) is 10.2 Å². The van der Waals surface area contributed by atoms with Gasteiger partial charge in [0.2, 0.25) is 5.91 Å². The zero-order chi connectivity index (χ0) is 25.6. The Kier molecular flexibility index (Phi) is 7.96. The van der Waals surface area contributed by atoms with Crippen molar-refractivity contribution in [3.05, 3.63) is 72.4 Å². The molecule has 1 aliphatic heterocycles. The highest BCUT2D eigenvalue weighted by Gasteiger charge is 2.22. The number of aromatic amines is 1. The van der Waals surface area contributed by atoms with Crippen molar-refractivity contribution in [2.75, 3.05) is 38.5 Å². The quantitative estimate of drug-likeness (QED) is 0.340. The Balaban J connectivity index is 1.04. The average Bonchev–Trinajstić information content (AvgIpc) is 3.59. The van der Waals surface area contributed by atoms with E-state index in [1.54, 1.807) is 12.7 Å². The van der Waals surface area contributed by atoms with E-state index in [2.05, 4.69) is 73.9 Å². The van der Waals surface area contributed by atoms with Crippen molar-refractivity contribution >= 4 is 22.5 Å². The number of nitrogens with one attached hydrogen (secondary N) is 2. The van der Waals surface area contributed by atoms with Crippen LogP contribution in [0.25, 0.3) is 16.6 Å². The molecule has 194 valence electrons. The molecule has 37 heavy (non-hydrogen) atoms. The van der Waals surface area contributed by atoms with Crippen LogP contribution in [-0.4, -0.2) is 74.7 Å². The van der Waals surface area contributed by atoms with E-state index in [1.165, 1.54) is 61.3 Å². The Morgan fingerprint density at radius 1 is 1.08 bits per heavy atom. The third kappa shape index (κ3) is 6.45. The fourth-order valence-corrected chi connectivity index (χ4v) is 5.39. The molecular weight excluding hydrogens is 462 g/mol. The lowest BCUT2D eigenvalue weighted by Gasteiger charge is -2.36. The third-order valence-corrected chi connectivity index (χ3v) is 7.60. The van der Waals surface area contributed by atoms with Crippen LogP contribution < -0.4 is 5.32 Å². The highest BCUT2D eigenvalue weighted by atomic mass is 16.1. The summed E-state index contributed by atoms with van der Waals surface area (Å²) in [5, 5.41) is 12.0. The van der Waals surface area contributed by atoms with E-state index >= 15 is 0 Å². The molecule has 1 amide bonds. The fourth-order valence-electron chi connectivity index (χ4n) is 5.39. The number of carbonyl (C=O) groups excluding carboxylic acids is 1. The van der Waals surface area contributed by atoms with Crippen LogP contribution in [0.4, 0.5) is 5.69 Å². The number of aromatic nitrogens is 4. The van der Waals surface area contributed by atoms with Crippen molar-refractivity contribution < 1.29 is 4.79 Å². The zero-order valence-electron chi connectivity index (χ0n) is 21.9. The second kappa shape index (κ2) is 11.7. The maximum Gasteiger partial charge on any atom is 0.221 e.